The Labute approximate surface area is 97.6 Å². The molecular formula is C13H9N3O. The van der Waals surface area contributed by atoms with Gasteiger partial charge < -0.3 is 5.11 Å². The number of rotatable bonds is 1. The van der Waals surface area contributed by atoms with Crippen molar-refractivity contribution < 1.29 is 5.11 Å². The molecular weight excluding hydrogens is 214 g/mol. The topological polar surface area (TPSA) is 58.9 Å². The Bertz CT molecular complexity index is 682. The average Bonchev–Trinajstić information content (AvgIpc) is 2.39. The highest BCUT2D eigenvalue weighted by molar-refractivity contribution is 5.84. The number of fused-ring (bicyclic) bond motifs is 1. The SMILES string of the molecule is Oc1ccccc1-c1cc2cnncc2cn1. The third-order valence-corrected chi connectivity index (χ3v) is 2.61. The number of nitrogens with zero attached hydrogens (tertiary/aromatic N) is 3. The van der Waals surface area contributed by atoms with E-state index in [9.17, 15) is 5.11 Å². The molecule has 0 amide bonds. The molecule has 3 aromatic rings. The van der Waals surface area contributed by atoms with Gasteiger partial charge in [0, 0.05) is 22.5 Å². The van der Waals surface area contributed by atoms with Gasteiger partial charge in [-0.15, -0.1) is 0 Å². The molecule has 0 aliphatic heterocycles. The highest BCUT2D eigenvalue weighted by Gasteiger charge is 2.05. The third-order valence-electron chi connectivity index (χ3n) is 2.61. The first-order valence-electron chi connectivity index (χ1n) is 5.19. The largest absolute Gasteiger partial charge is 0.507 e. The van der Waals surface area contributed by atoms with E-state index in [2.05, 4.69) is 15.2 Å². The molecule has 4 heteroatoms. The van der Waals surface area contributed by atoms with Gasteiger partial charge in [-0.1, -0.05) is 12.1 Å². The van der Waals surface area contributed by atoms with Gasteiger partial charge >= 0.3 is 0 Å². The van der Waals surface area contributed by atoms with E-state index in [0.29, 0.717) is 5.56 Å². The summed E-state index contributed by atoms with van der Waals surface area (Å²) in [4.78, 5) is 4.31. The van der Waals surface area contributed by atoms with E-state index in [0.717, 1.165) is 16.5 Å². The molecule has 0 aliphatic carbocycles. The van der Waals surface area contributed by atoms with Crippen molar-refractivity contribution in [2.75, 3.05) is 0 Å². The Morgan fingerprint density at radius 3 is 2.47 bits per heavy atom. The molecule has 0 bridgehead atoms. The second-order valence-electron chi connectivity index (χ2n) is 3.70. The van der Waals surface area contributed by atoms with Crippen molar-refractivity contribution in [1.82, 2.24) is 15.2 Å². The summed E-state index contributed by atoms with van der Waals surface area (Å²) in [5.74, 6) is 0.223. The van der Waals surface area contributed by atoms with E-state index in [1.165, 1.54) is 0 Å². The van der Waals surface area contributed by atoms with Crippen LogP contribution in [-0.4, -0.2) is 20.3 Å². The van der Waals surface area contributed by atoms with Crippen molar-refractivity contribution in [2.24, 2.45) is 0 Å². The van der Waals surface area contributed by atoms with Crippen LogP contribution in [0.25, 0.3) is 22.0 Å². The quantitative estimate of drug-likeness (QED) is 0.688. The number of benzene rings is 1. The predicted molar refractivity (Wildman–Crippen MR) is 64.4 cm³/mol. The smallest absolute Gasteiger partial charge is 0.124 e. The maximum Gasteiger partial charge on any atom is 0.124 e. The minimum absolute atomic E-state index is 0.223. The van der Waals surface area contributed by atoms with Crippen LogP contribution in [-0.2, 0) is 0 Å². The Hall–Kier alpha value is -2.49. The molecule has 4 nitrogen and oxygen atoms in total. The molecule has 0 unspecified atom stereocenters. The van der Waals surface area contributed by atoms with Crippen LogP contribution >= 0.6 is 0 Å². The summed E-state index contributed by atoms with van der Waals surface area (Å²) < 4.78 is 0. The highest BCUT2D eigenvalue weighted by atomic mass is 16.3. The average molecular weight is 223 g/mol. The molecule has 1 N–H and O–H groups in total. The normalized spacial score (nSPS) is 10.6. The molecule has 0 atom stereocenters. The summed E-state index contributed by atoms with van der Waals surface area (Å²) in [6.45, 7) is 0. The van der Waals surface area contributed by atoms with Crippen molar-refractivity contribution in [2.45, 2.75) is 0 Å². The summed E-state index contributed by atoms with van der Waals surface area (Å²) >= 11 is 0. The summed E-state index contributed by atoms with van der Waals surface area (Å²) in [7, 11) is 0. The van der Waals surface area contributed by atoms with Gasteiger partial charge in [0.25, 0.3) is 0 Å². The second-order valence-corrected chi connectivity index (χ2v) is 3.70. The van der Waals surface area contributed by atoms with Crippen LogP contribution in [0, 0.1) is 0 Å². The first-order valence-corrected chi connectivity index (χ1v) is 5.19. The zero-order valence-electron chi connectivity index (χ0n) is 8.91. The van der Waals surface area contributed by atoms with Crippen LogP contribution in [0.15, 0.2) is 48.9 Å². The minimum Gasteiger partial charge on any atom is -0.507 e. The van der Waals surface area contributed by atoms with Gasteiger partial charge in [0.2, 0.25) is 0 Å². The second kappa shape index (κ2) is 3.83. The predicted octanol–water partition coefficient (Wildman–Crippen LogP) is 2.40. The third kappa shape index (κ3) is 1.69. The first-order chi connectivity index (χ1) is 8.34. The number of hydrogen-bond donors (Lipinski definition) is 1. The summed E-state index contributed by atoms with van der Waals surface area (Å²) in [6.07, 6.45) is 5.07. The lowest BCUT2D eigenvalue weighted by Crippen LogP contribution is -1.86. The zero-order chi connectivity index (χ0) is 11.7. The molecule has 0 fully saturated rings. The van der Waals surface area contributed by atoms with E-state index in [-0.39, 0.29) is 5.75 Å². The number of phenolic OH excluding ortho intramolecular Hbond substituents is 1. The van der Waals surface area contributed by atoms with Gasteiger partial charge in [0.15, 0.2) is 0 Å². The fourth-order valence-corrected chi connectivity index (χ4v) is 1.73. The molecule has 17 heavy (non-hydrogen) atoms. The number of hydrogen-bond acceptors (Lipinski definition) is 4. The molecule has 2 heterocycles. The lowest BCUT2D eigenvalue weighted by atomic mass is 10.1. The molecule has 2 aromatic heterocycles. The minimum atomic E-state index is 0.223. The molecule has 0 aliphatic rings. The molecule has 82 valence electrons. The molecule has 0 saturated heterocycles. The van der Waals surface area contributed by atoms with Gasteiger partial charge in [-0.3, -0.25) is 4.98 Å². The van der Waals surface area contributed by atoms with Crippen LogP contribution in [0.2, 0.25) is 0 Å². The van der Waals surface area contributed by atoms with Crippen LogP contribution in [0.3, 0.4) is 0 Å². The van der Waals surface area contributed by atoms with Crippen molar-refractivity contribution in [3.63, 3.8) is 0 Å². The van der Waals surface area contributed by atoms with Crippen molar-refractivity contribution in [3.05, 3.63) is 48.9 Å². The van der Waals surface area contributed by atoms with Gasteiger partial charge in [0.1, 0.15) is 5.75 Å². The van der Waals surface area contributed by atoms with Crippen molar-refractivity contribution >= 4 is 10.8 Å². The summed E-state index contributed by atoms with van der Waals surface area (Å²) in [5.41, 5.74) is 1.44. The van der Waals surface area contributed by atoms with Crippen molar-refractivity contribution in [3.8, 4) is 17.0 Å². The Balaban J connectivity index is 2.22. The van der Waals surface area contributed by atoms with Crippen LogP contribution in [0.4, 0.5) is 0 Å². The van der Waals surface area contributed by atoms with Crippen LogP contribution in [0.1, 0.15) is 0 Å². The van der Waals surface area contributed by atoms with E-state index < -0.39 is 0 Å². The summed E-state index contributed by atoms with van der Waals surface area (Å²) in [6, 6.07) is 9.01. The first kappa shape index (κ1) is 9.72. The summed E-state index contributed by atoms with van der Waals surface area (Å²) in [5, 5.41) is 19.3. The molecule has 0 spiro atoms. The van der Waals surface area contributed by atoms with Crippen LogP contribution in [0.5, 0.6) is 5.75 Å². The molecule has 1 aromatic carbocycles. The molecule has 0 radical (unpaired) electrons. The van der Waals surface area contributed by atoms with E-state index in [1.807, 2.05) is 18.2 Å². The lowest BCUT2D eigenvalue weighted by molar-refractivity contribution is 0.477. The standard InChI is InChI=1S/C13H9N3O/c17-13-4-2-1-3-11(13)12-5-9-7-15-16-8-10(9)6-14-12/h1-8,17H. The maximum absolute atomic E-state index is 9.77. The number of para-hydroxylation sites is 1. The lowest BCUT2D eigenvalue weighted by Gasteiger charge is -2.04. The maximum atomic E-state index is 9.77. The molecule has 3 rings (SSSR count). The Morgan fingerprint density at radius 1 is 0.882 bits per heavy atom. The number of aromatic hydroxyl groups is 1. The van der Waals surface area contributed by atoms with Gasteiger partial charge in [-0.25, -0.2) is 0 Å². The Kier molecular flexibility index (Phi) is 2.19. The van der Waals surface area contributed by atoms with E-state index in [1.54, 1.807) is 30.7 Å². The van der Waals surface area contributed by atoms with Gasteiger partial charge in [-0.05, 0) is 18.2 Å². The van der Waals surface area contributed by atoms with Crippen molar-refractivity contribution in [1.29, 1.82) is 0 Å². The monoisotopic (exact) mass is 223 g/mol. The number of phenols is 1. The molecule has 0 saturated carbocycles. The Morgan fingerprint density at radius 2 is 1.65 bits per heavy atom. The number of pyridine rings is 1. The zero-order valence-corrected chi connectivity index (χ0v) is 8.91. The van der Waals surface area contributed by atoms with Gasteiger partial charge in [-0.2, -0.15) is 10.2 Å². The fourth-order valence-electron chi connectivity index (χ4n) is 1.73. The van der Waals surface area contributed by atoms with E-state index >= 15 is 0 Å². The van der Waals surface area contributed by atoms with E-state index in [4.69, 9.17) is 0 Å². The highest BCUT2D eigenvalue weighted by Crippen LogP contribution is 2.28. The number of aromatic nitrogens is 3. The van der Waals surface area contributed by atoms with Gasteiger partial charge in [0.05, 0.1) is 18.1 Å². The fraction of sp³-hybridized carbons (Fsp3) is 0. The van der Waals surface area contributed by atoms with Crippen LogP contribution < -0.4 is 0 Å².